The van der Waals surface area contributed by atoms with Crippen LogP contribution in [0.5, 0.6) is 0 Å². The minimum absolute atomic E-state index is 0.0629. The molecule has 1 saturated carbocycles. The lowest BCUT2D eigenvalue weighted by molar-refractivity contribution is -0.153. The molecule has 1 fully saturated rings. The summed E-state index contributed by atoms with van der Waals surface area (Å²) in [4.78, 5) is 12.3. The number of halogens is 1. The number of aromatic nitrogens is 1. The fourth-order valence-corrected chi connectivity index (χ4v) is 3.03. The van der Waals surface area contributed by atoms with Gasteiger partial charge in [0.25, 0.3) is 0 Å². The lowest BCUT2D eigenvalue weighted by Crippen LogP contribution is -2.26. The summed E-state index contributed by atoms with van der Waals surface area (Å²) in [5.74, 6) is -0.471. The van der Waals surface area contributed by atoms with Crippen molar-refractivity contribution in [2.75, 3.05) is 0 Å². The summed E-state index contributed by atoms with van der Waals surface area (Å²) in [5.41, 5.74) is 0.851. The van der Waals surface area contributed by atoms with Crippen molar-refractivity contribution in [3.8, 4) is 0 Å². The van der Waals surface area contributed by atoms with Gasteiger partial charge in [0.1, 0.15) is 18.0 Å². The van der Waals surface area contributed by atoms with Crippen molar-refractivity contribution in [1.29, 1.82) is 0 Å². The lowest BCUT2D eigenvalue weighted by atomic mass is 9.98. The van der Waals surface area contributed by atoms with Crippen molar-refractivity contribution >= 4 is 16.9 Å². The molecule has 0 saturated heterocycles. The van der Waals surface area contributed by atoms with Crippen molar-refractivity contribution in [2.24, 2.45) is 0 Å². The molecular formula is C17H20FNO2. The highest BCUT2D eigenvalue weighted by Crippen LogP contribution is 2.25. The van der Waals surface area contributed by atoms with Gasteiger partial charge in [0.2, 0.25) is 0 Å². The Hall–Kier alpha value is -1.84. The second kappa shape index (κ2) is 5.88. The molecule has 21 heavy (non-hydrogen) atoms. The van der Waals surface area contributed by atoms with Gasteiger partial charge in [-0.05, 0) is 56.9 Å². The quantitative estimate of drug-likeness (QED) is 0.792. The van der Waals surface area contributed by atoms with E-state index in [1.165, 1.54) is 18.6 Å². The van der Waals surface area contributed by atoms with Crippen molar-refractivity contribution < 1.29 is 13.9 Å². The van der Waals surface area contributed by atoms with Crippen LogP contribution < -0.4 is 0 Å². The molecule has 0 N–H and O–H groups in total. The SMILES string of the molecule is CC(C(=O)OC1CCCCC1)n1ccc2cc(F)ccc21. The van der Waals surface area contributed by atoms with Crippen LogP contribution in [0.15, 0.2) is 30.5 Å². The normalized spacial score (nSPS) is 17.8. The van der Waals surface area contributed by atoms with E-state index in [9.17, 15) is 9.18 Å². The molecule has 3 rings (SSSR count). The van der Waals surface area contributed by atoms with Crippen LogP contribution >= 0.6 is 0 Å². The monoisotopic (exact) mass is 289 g/mol. The summed E-state index contributed by atoms with van der Waals surface area (Å²) in [7, 11) is 0. The molecule has 0 bridgehead atoms. The second-order valence-corrected chi connectivity index (χ2v) is 5.80. The molecule has 1 aromatic heterocycles. The third-order valence-electron chi connectivity index (χ3n) is 4.28. The topological polar surface area (TPSA) is 31.2 Å². The number of ether oxygens (including phenoxy) is 1. The largest absolute Gasteiger partial charge is 0.461 e. The van der Waals surface area contributed by atoms with E-state index < -0.39 is 6.04 Å². The van der Waals surface area contributed by atoms with Crippen LogP contribution in [0.4, 0.5) is 4.39 Å². The van der Waals surface area contributed by atoms with Crippen molar-refractivity contribution in [1.82, 2.24) is 4.57 Å². The third-order valence-corrected chi connectivity index (χ3v) is 4.28. The van der Waals surface area contributed by atoms with Gasteiger partial charge in [-0.15, -0.1) is 0 Å². The summed E-state index contributed by atoms with van der Waals surface area (Å²) in [6.45, 7) is 1.83. The minimum Gasteiger partial charge on any atom is -0.461 e. The number of fused-ring (bicyclic) bond motifs is 1. The van der Waals surface area contributed by atoms with Crippen LogP contribution in [0, 0.1) is 5.82 Å². The van der Waals surface area contributed by atoms with E-state index in [2.05, 4.69) is 0 Å². The van der Waals surface area contributed by atoms with Crippen LogP contribution in [0.3, 0.4) is 0 Å². The van der Waals surface area contributed by atoms with E-state index >= 15 is 0 Å². The summed E-state index contributed by atoms with van der Waals surface area (Å²) >= 11 is 0. The standard InChI is InChI=1S/C17H20FNO2/c1-12(17(20)21-15-5-3-2-4-6-15)19-10-9-13-11-14(18)7-8-16(13)19/h7-12,15H,2-6H2,1H3. The maximum atomic E-state index is 13.2. The zero-order valence-corrected chi connectivity index (χ0v) is 12.2. The molecule has 0 spiro atoms. The summed E-state index contributed by atoms with van der Waals surface area (Å²) in [6, 6.07) is 6.02. The predicted molar refractivity (Wildman–Crippen MR) is 79.6 cm³/mol. The molecule has 0 radical (unpaired) electrons. The van der Waals surface area contributed by atoms with Gasteiger partial charge in [0.05, 0.1) is 0 Å². The van der Waals surface area contributed by atoms with E-state index in [1.54, 1.807) is 6.07 Å². The van der Waals surface area contributed by atoms with Gasteiger partial charge in [0.15, 0.2) is 0 Å². The highest BCUT2D eigenvalue weighted by molar-refractivity contribution is 5.83. The van der Waals surface area contributed by atoms with E-state index in [0.29, 0.717) is 0 Å². The molecule has 0 aliphatic heterocycles. The molecule has 1 heterocycles. The molecule has 1 aliphatic rings. The number of carbonyl (C=O) groups excluding carboxylic acids is 1. The molecular weight excluding hydrogens is 269 g/mol. The molecule has 1 atom stereocenters. The zero-order chi connectivity index (χ0) is 14.8. The fourth-order valence-electron chi connectivity index (χ4n) is 3.03. The highest BCUT2D eigenvalue weighted by Gasteiger charge is 2.23. The Labute approximate surface area is 123 Å². The number of carbonyl (C=O) groups is 1. The van der Waals surface area contributed by atoms with Crippen LogP contribution in [-0.4, -0.2) is 16.6 Å². The second-order valence-electron chi connectivity index (χ2n) is 5.80. The van der Waals surface area contributed by atoms with Crippen LogP contribution in [0.2, 0.25) is 0 Å². The van der Waals surface area contributed by atoms with Crippen molar-refractivity contribution in [3.05, 3.63) is 36.3 Å². The zero-order valence-electron chi connectivity index (χ0n) is 12.2. The van der Waals surface area contributed by atoms with Crippen LogP contribution in [-0.2, 0) is 9.53 Å². The molecule has 2 aromatic rings. The van der Waals surface area contributed by atoms with E-state index in [1.807, 2.05) is 23.8 Å². The van der Waals surface area contributed by atoms with E-state index in [0.717, 1.165) is 36.6 Å². The smallest absolute Gasteiger partial charge is 0.329 e. The van der Waals surface area contributed by atoms with E-state index in [4.69, 9.17) is 4.74 Å². The predicted octanol–water partition coefficient (Wildman–Crippen LogP) is 4.22. The maximum Gasteiger partial charge on any atom is 0.329 e. The molecule has 4 heteroatoms. The molecule has 1 aromatic carbocycles. The first-order chi connectivity index (χ1) is 10.1. The molecule has 3 nitrogen and oxygen atoms in total. The van der Waals surface area contributed by atoms with Gasteiger partial charge < -0.3 is 9.30 Å². The number of benzene rings is 1. The molecule has 112 valence electrons. The van der Waals surface area contributed by atoms with Gasteiger partial charge in [0, 0.05) is 17.1 Å². The van der Waals surface area contributed by atoms with Gasteiger partial charge in [-0.3, -0.25) is 0 Å². The van der Waals surface area contributed by atoms with Crippen LogP contribution in [0.25, 0.3) is 10.9 Å². The third kappa shape index (κ3) is 2.94. The Balaban J connectivity index is 1.76. The first-order valence-electron chi connectivity index (χ1n) is 7.62. The first-order valence-corrected chi connectivity index (χ1v) is 7.62. The summed E-state index contributed by atoms with van der Waals surface area (Å²) in [6.07, 6.45) is 7.32. The fraction of sp³-hybridized carbons (Fsp3) is 0.471. The Kier molecular flexibility index (Phi) is 3.95. The van der Waals surface area contributed by atoms with E-state index in [-0.39, 0.29) is 17.9 Å². The number of hydrogen-bond donors (Lipinski definition) is 0. The number of nitrogens with zero attached hydrogens (tertiary/aromatic N) is 1. The van der Waals surface area contributed by atoms with Gasteiger partial charge in [-0.1, -0.05) is 6.42 Å². The highest BCUT2D eigenvalue weighted by atomic mass is 19.1. The van der Waals surface area contributed by atoms with Crippen molar-refractivity contribution in [2.45, 2.75) is 51.2 Å². The molecule has 0 amide bonds. The lowest BCUT2D eigenvalue weighted by Gasteiger charge is -2.24. The first kappa shape index (κ1) is 14.1. The molecule has 1 aliphatic carbocycles. The number of esters is 1. The van der Waals surface area contributed by atoms with Gasteiger partial charge in [-0.2, -0.15) is 0 Å². The average molecular weight is 289 g/mol. The Morgan fingerprint density at radius 2 is 2.05 bits per heavy atom. The Bertz CT molecular complexity index is 643. The van der Waals surface area contributed by atoms with Gasteiger partial charge in [-0.25, -0.2) is 9.18 Å². The average Bonchev–Trinajstić information content (AvgIpc) is 2.90. The minimum atomic E-state index is -0.394. The van der Waals surface area contributed by atoms with Crippen molar-refractivity contribution in [3.63, 3.8) is 0 Å². The molecule has 1 unspecified atom stereocenters. The maximum absolute atomic E-state index is 13.2. The summed E-state index contributed by atoms with van der Waals surface area (Å²) < 4.78 is 20.7. The number of hydrogen-bond acceptors (Lipinski definition) is 2. The Morgan fingerprint density at radius 3 is 2.81 bits per heavy atom. The Morgan fingerprint density at radius 1 is 1.29 bits per heavy atom. The van der Waals surface area contributed by atoms with Gasteiger partial charge >= 0.3 is 5.97 Å². The summed E-state index contributed by atoms with van der Waals surface area (Å²) in [5, 5.41) is 0.798. The number of rotatable bonds is 3. The van der Waals surface area contributed by atoms with Crippen LogP contribution in [0.1, 0.15) is 45.1 Å².